The topological polar surface area (TPSA) is 207 Å². The van der Waals surface area contributed by atoms with Crippen molar-refractivity contribution in [2.75, 3.05) is 24.7 Å². The SMILES string of the molecule is CCS(=O)(=O)NC(=O)[C@@]12C[C@H]1/C=C\CCCCC[C@H](NC(=O)OC1CCCC1)C(=O)N1C[C@H](Oc3cc(-c4csc(NC(C)C)n4)nc4cc(OC)ccc34)C[C@H]1C(=O)N2. The van der Waals surface area contributed by atoms with Crippen LogP contribution in [0.15, 0.2) is 41.8 Å². The van der Waals surface area contributed by atoms with Crippen molar-refractivity contribution < 1.29 is 41.8 Å². The number of nitrogens with one attached hydrogen (secondary N) is 4. The predicted octanol–water partition coefficient (Wildman–Crippen LogP) is 5.43. The van der Waals surface area contributed by atoms with Crippen molar-refractivity contribution in [3.63, 3.8) is 0 Å². The molecule has 4 N–H and O–H groups in total. The van der Waals surface area contributed by atoms with Crippen LogP contribution in [0.1, 0.15) is 91.4 Å². The zero-order valence-corrected chi connectivity index (χ0v) is 36.2. The molecule has 7 rings (SSSR count). The Labute approximate surface area is 354 Å². The van der Waals surface area contributed by atoms with E-state index in [1.54, 1.807) is 25.3 Å². The summed E-state index contributed by atoms with van der Waals surface area (Å²) in [4.78, 5) is 67.3. The number of fused-ring (bicyclic) bond motifs is 3. The van der Waals surface area contributed by atoms with E-state index in [4.69, 9.17) is 24.2 Å². The number of pyridine rings is 1. The molecule has 4 heterocycles. The fraction of sp³-hybridized carbons (Fsp3) is 0.571. The molecule has 4 amide bonds. The van der Waals surface area contributed by atoms with Crippen molar-refractivity contribution in [1.82, 2.24) is 30.2 Å². The molecular formula is C42H55N7O9S2. The Morgan fingerprint density at radius 1 is 1.03 bits per heavy atom. The molecule has 3 fully saturated rings. The van der Waals surface area contributed by atoms with Gasteiger partial charge in [0.25, 0.3) is 5.91 Å². The summed E-state index contributed by atoms with van der Waals surface area (Å²) in [5, 5.41) is 12.3. The van der Waals surface area contributed by atoms with Crippen molar-refractivity contribution in [1.29, 1.82) is 0 Å². The third-order valence-electron chi connectivity index (χ3n) is 11.6. The van der Waals surface area contributed by atoms with Gasteiger partial charge in [-0.15, -0.1) is 11.3 Å². The molecule has 2 aliphatic carbocycles. The maximum absolute atomic E-state index is 14.7. The second-order valence-corrected chi connectivity index (χ2v) is 19.3. The Bertz CT molecular complexity index is 2220. The molecule has 1 aromatic carbocycles. The number of sulfonamides is 1. The fourth-order valence-electron chi connectivity index (χ4n) is 8.22. The number of carbonyl (C=O) groups excluding carboxylic acids is 4. The van der Waals surface area contributed by atoms with E-state index in [2.05, 4.69) is 20.7 Å². The number of aromatic nitrogens is 2. The van der Waals surface area contributed by atoms with Gasteiger partial charge in [-0.2, -0.15) is 0 Å². The number of allylic oxidation sites excluding steroid dienone is 1. The second kappa shape index (κ2) is 18.3. The number of anilines is 1. The minimum Gasteiger partial charge on any atom is -0.497 e. The number of alkyl carbamates (subject to hydrolysis) is 1. The number of rotatable bonds is 11. The van der Waals surface area contributed by atoms with Crippen molar-refractivity contribution in [2.45, 2.75) is 127 Å². The molecule has 16 nitrogen and oxygen atoms in total. The van der Waals surface area contributed by atoms with Gasteiger partial charge in [-0.3, -0.25) is 19.1 Å². The number of hydrogen-bond donors (Lipinski definition) is 4. The fourth-order valence-corrected chi connectivity index (χ4v) is 9.68. The average Bonchev–Trinajstić information content (AvgIpc) is 3.64. The molecule has 3 aromatic rings. The molecule has 0 radical (unpaired) electrons. The Hall–Kier alpha value is -4.97. The lowest BCUT2D eigenvalue weighted by molar-refractivity contribution is -0.141. The number of amides is 4. The maximum Gasteiger partial charge on any atom is 0.408 e. The van der Waals surface area contributed by atoms with Crippen LogP contribution in [0.2, 0.25) is 0 Å². The molecule has 1 saturated heterocycles. The number of thiazole rings is 1. The first-order valence-electron chi connectivity index (χ1n) is 21.0. The van der Waals surface area contributed by atoms with Crippen LogP contribution in [0.25, 0.3) is 22.3 Å². The van der Waals surface area contributed by atoms with E-state index < -0.39 is 63.5 Å². The van der Waals surface area contributed by atoms with Crippen LogP contribution in [-0.2, 0) is 29.1 Å². The molecule has 0 unspecified atom stereocenters. The Balaban J connectivity index is 1.22. The van der Waals surface area contributed by atoms with Crippen LogP contribution in [0, 0.1) is 5.92 Å². The summed E-state index contributed by atoms with van der Waals surface area (Å²) in [5.41, 5.74) is 0.237. The molecule has 2 saturated carbocycles. The molecule has 4 aliphatic rings. The highest BCUT2D eigenvalue weighted by atomic mass is 32.2. The van der Waals surface area contributed by atoms with Gasteiger partial charge in [-0.1, -0.05) is 25.0 Å². The largest absolute Gasteiger partial charge is 0.497 e. The summed E-state index contributed by atoms with van der Waals surface area (Å²) >= 11 is 1.45. The van der Waals surface area contributed by atoms with E-state index in [0.717, 1.165) is 43.7 Å². The van der Waals surface area contributed by atoms with Gasteiger partial charge in [0.15, 0.2) is 5.13 Å². The Kier molecular flexibility index (Phi) is 13.2. The van der Waals surface area contributed by atoms with Gasteiger partial charge in [0.05, 0.1) is 30.6 Å². The van der Waals surface area contributed by atoms with Crippen LogP contribution in [0.4, 0.5) is 9.93 Å². The van der Waals surface area contributed by atoms with E-state index in [1.165, 1.54) is 23.2 Å². The molecule has 18 heteroatoms. The lowest BCUT2D eigenvalue weighted by atomic mass is 10.0. The molecule has 60 heavy (non-hydrogen) atoms. The number of methoxy groups -OCH3 is 1. The first kappa shape index (κ1) is 43.1. The highest BCUT2D eigenvalue weighted by molar-refractivity contribution is 7.90. The molecule has 2 aliphatic heterocycles. The number of hydrogen-bond acceptors (Lipinski definition) is 13. The zero-order chi connectivity index (χ0) is 42.6. The van der Waals surface area contributed by atoms with Crippen LogP contribution >= 0.6 is 11.3 Å². The first-order valence-corrected chi connectivity index (χ1v) is 23.5. The molecular weight excluding hydrogens is 811 g/mol. The highest BCUT2D eigenvalue weighted by Gasteiger charge is 2.61. The van der Waals surface area contributed by atoms with Crippen molar-refractivity contribution in [3.05, 3.63) is 41.8 Å². The van der Waals surface area contributed by atoms with Crippen LogP contribution in [0.3, 0.4) is 0 Å². The lowest BCUT2D eigenvalue weighted by Crippen LogP contribution is -2.58. The number of nitrogens with zero attached hydrogens (tertiary/aromatic N) is 3. The summed E-state index contributed by atoms with van der Waals surface area (Å²) in [6.07, 6.45) is 9.08. The lowest BCUT2D eigenvalue weighted by Gasteiger charge is -2.30. The van der Waals surface area contributed by atoms with Crippen LogP contribution in [0.5, 0.6) is 11.5 Å². The predicted molar refractivity (Wildman–Crippen MR) is 227 cm³/mol. The third kappa shape index (κ3) is 9.96. The van der Waals surface area contributed by atoms with Gasteiger partial charge >= 0.3 is 6.09 Å². The maximum atomic E-state index is 14.7. The van der Waals surface area contributed by atoms with Gasteiger partial charge in [-0.25, -0.2) is 23.2 Å². The van der Waals surface area contributed by atoms with E-state index in [-0.39, 0.29) is 37.3 Å². The summed E-state index contributed by atoms with van der Waals surface area (Å²) in [6.45, 7) is 5.46. The normalized spacial score (nSPS) is 25.6. The van der Waals surface area contributed by atoms with Gasteiger partial charge in [-0.05, 0) is 84.3 Å². The first-order chi connectivity index (χ1) is 28.8. The monoisotopic (exact) mass is 865 g/mol. The van der Waals surface area contributed by atoms with Crippen LogP contribution in [-0.4, -0.2) is 102 Å². The number of carbonyl (C=O) groups is 4. The summed E-state index contributed by atoms with van der Waals surface area (Å²) < 4.78 is 45.2. The molecule has 324 valence electrons. The quantitative estimate of drug-likeness (QED) is 0.178. The van der Waals surface area contributed by atoms with E-state index in [0.29, 0.717) is 53.1 Å². The molecule has 0 spiro atoms. The van der Waals surface area contributed by atoms with Gasteiger partial charge in [0.1, 0.15) is 47.0 Å². The highest BCUT2D eigenvalue weighted by Crippen LogP contribution is 2.46. The van der Waals surface area contributed by atoms with E-state index in [9.17, 15) is 27.6 Å². The van der Waals surface area contributed by atoms with Crippen molar-refractivity contribution in [2.24, 2.45) is 5.92 Å². The summed E-state index contributed by atoms with van der Waals surface area (Å²) in [5.74, 6) is -1.65. The van der Waals surface area contributed by atoms with Gasteiger partial charge in [0, 0.05) is 41.3 Å². The minimum atomic E-state index is -3.94. The van der Waals surface area contributed by atoms with Gasteiger partial charge < -0.3 is 35.1 Å². The summed E-state index contributed by atoms with van der Waals surface area (Å²) in [6, 6.07) is 5.28. The van der Waals surface area contributed by atoms with Crippen molar-refractivity contribution >= 4 is 61.2 Å². The molecule has 5 atom stereocenters. The molecule has 2 aromatic heterocycles. The molecule has 0 bridgehead atoms. The van der Waals surface area contributed by atoms with E-state index in [1.807, 2.05) is 37.4 Å². The number of ether oxygens (including phenoxy) is 3. The van der Waals surface area contributed by atoms with Crippen molar-refractivity contribution in [3.8, 4) is 22.9 Å². The van der Waals surface area contributed by atoms with Gasteiger partial charge in [0.2, 0.25) is 21.8 Å². The standard InChI is InChI=1S/C42H55N7O9S2/c1-5-60(54,55)48-39(52)42-22-26(42)13-9-7-6-8-10-16-31(46-41(53)58-27-14-11-12-15-27)38(51)49-23-29(20-35(49)37(50)47-42)57-36-21-33(34-24-59-40(45-34)43-25(2)3)44-32-19-28(56-4)17-18-30(32)36/h9,13,17-19,21,24-27,29,31,35H,5-8,10-12,14-16,20,22-23H2,1-4H3,(H,43,45)(H,46,53)(H,47,50)(H,48,52)/b13-9-/t26-,29-,31+,35+,42-/m1/s1. The zero-order valence-electron chi connectivity index (χ0n) is 34.5. The summed E-state index contributed by atoms with van der Waals surface area (Å²) in [7, 11) is -2.37. The Morgan fingerprint density at radius 2 is 1.82 bits per heavy atom. The number of benzene rings is 1. The second-order valence-electron chi connectivity index (χ2n) is 16.4. The smallest absolute Gasteiger partial charge is 0.408 e. The van der Waals surface area contributed by atoms with Crippen LogP contribution < -0.4 is 30.1 Å². The Morgan fingerprint density at radius 3 is 2.57 bits per heavy atom. The minimum absolute atomic E-state index is 0.0199. The average molecular weight is 866 g/mol. The third-order valence-corrected chi connectivity index (χ3v) is 13.6. The van der Waals surface area contributed by atoms with E-state index >= 15 is 0 Å².